The van der Waals surface area contributed by atoms with E-state index in [1.165, 1.54) is 22.5 Å². The summed E-state index contributed by atoms with van der Waals surface area (Å²) in [4.78, 5) is 2.35. The number of methoxy groups -OCH3 is 1. The van der Waals surface area contributed by atoms with E-state index in [1.807, 2.05) is 0 Å². The first-order chi connectivity index (χ1) is 8.22. The quantitative estimate of drug-likeness (QED) is 0.737. The molecule has 0 fully saturated rings. The van der Waals surface area contributed by atoms with Crippen molar-refractivity contribution in [1.29, 1.82) is 0 Å². The SMILES string of the molecule is C=C1CCc2ccc(C)cc2N1CCCOC. The molecule has 0 aromatic heterocycles. The van der Waals surface area contributed by atoms with Gasteiger partial charge < -0.3 is 9.64 Å². The molecule has 0 unspecified atom stereocenters. The van der Waals surface area contributed by atoms with Crippen molar-refractivity contribution in [3.63, 3.8) is 0 Å². The normalized spacial score (nSPS) is 14.9. The van der Waals surface area contributed by atoms with Crippen LogP contribution in [-0.2, 0) is 11.2 Å². The maximum atomic E-state index is 5.12. The third-order valence-corrected chi connectivity index (χ3v) is 3.33. The lowest BCUT2D eigenvalue weighted by Gasteiger charge is -2.33. The van der Waals surface area contributed by atoms with Gasteiger partial charge in [-0.3, -0.25) is 0 Å². The average molecular weight is 231 g/mol. The molecule has 1 aromatic rings. The fraction of sp³-hybridized carbons (Fsp3) is 0.467. The predicted octanol–water partition coefficient (Wildman–Crippen LogP) is 3.30. The van der Waals surface area contributed by atoms with Crippen LogP contribution in [0.4, 0.5) is 5.69 Å². The van der Waals surface area contributed by atoms with E-state index in [2.05, 4.69) is 36.6 Å². The largest absolute Gasteiger partial charge is 0.385 e. The van der Waals surface area contributed by atoms with Crippen molar-refractivity contribution in [3.05, 3.63) is 41.6 Å². The molecule has 0 N–H and O–H groups in total. The van der Waals surface area contributed by atoms with Crippen LogP contribution in [0.5, 0.6) is 0 Å². The van der Waals surface area contributed by atoms with Crippen molar-refractivity contribution in [1.82, 2.24) is 0 Å². The Bertz CT molecular complexity index is 411. The minimum absolute atomic E-state index is 0.810. The Kier molecular flexibility index (Phi) is 3.85. The second-order valence-electron chi connectivity index (χ2n) is 4.70. The van der Waals surface area contributed by atoms with Gasteiger partial charge in [-0.05, 0) is 43.4 Å². The molecule has 0 aliphatic carbocycles. The molecule has 1 aliphatic heterocycles. The molecule has 17 heavy (non-hydrogen) atoms. The number of aryl methyl sites for hydroxylation is 2. The number of ether oxygens (including phenoxy) is 1. The molecule has 0 radical (unpaired) electrons. The lowest BCUT2D eigenvalue weighted by molar-refractivity contribution is 0.196. The summed E-state index contributed by atoms with van der Waals surface area (Å²) in [5.41, 5.74) is 5.34. The van der Waals surface area contributed by atoms with E-state index < -0.39 is 0 Å². The number of nitrogens with zero attached hydrogens (tertiary/aromatic N) is 1. The second-order valence-corrected chi connectivity index (χ2v) is 4.70. The van der Waals surface area contributed by atoms with Crippen molar-refractivity contribution < 1.29 is 4.74 Å². The molecule has 1 aliphatic rings. The first-order valence-electron chi connectivity index (χ1n) is 6.26. The van der Waals surface area contributed by atoms with Crippen LogP contribution in [0, 0.1) is 6.92 Å². The van der Waals surface area contributed by atoms with Gasteiger partial charge in [0, 0.05) is 31.6 Å². The van der Waals surface area contributed by atoms with E-state index in [0.29, 0.717) is 0 Å². The highest BCUT2D eigenvalue weighted by Gasteiger charge is 2.19. The van der Waals surface area contributed by atoms with E-state index in [0.717, 1.165) is 32.4 Å². The zero-order valence-corrected chi connectivity index (χ0v) is 10.8. The van der Waals surface area contributed by atoms with E-state index in [-0.39, 0.29) is 0 Å². The molecule has 0 bridgehead atoms. The van der Waals surface area contributed by atoms with Crippen molar-refractivity contribution in [2.45, 2.75) is 26.2 Å². The average Bonchev–Trinajstić information content (AvgIpc) is 2.32. The molecule has 2 rings (SSSR count). The van der Waals surface area contributed by atoms with Crippen molar-refractivity contribution in [2.75, 3.05) is 25.2 Å². The van der Waals surface area contributed by atoms with Crippen LogP contribution < -0.4 is 4.90 Å². The molecule has 92 valence electrons. The number of anilines is 1. The Hall–Kier alpha value is -1.28. The maximum absolute atomic E-state index is 5.12. The lowest BCUT2D eigenvalue weighted by atomic mass is 9.98. The lowest BCUT2D eigenvalue weighted by Crippen LogP contribution is -2.28. The minimum Gasteiger partial charge on any atom is -0.385 e. The van der Waals surface area contributed by atoms with Gasteiger partial charge >= 0.3 is 0 Å². The number of allylic oxidation sites excluding steroid dienone is 1. The molecule has 2 heteroatoms. The molecule has 1 heterocycles. The maximum Gasteiger partial charge on any atom is 0.0479 e. The fourth-order valence-electron chi connectivity index (χ4n) is 2.37. The van der Waals surface area contributed by atoms with Crippen LogP contribution in [0.25, 0.3) is 0 Å². The summed E-state index contributed by atoms with van der Waals surface area (Å²) in [5.74, 6) is 0. The van der Waals surface area contributed by atoms with E-state index in [4.69, 9.17) is 4.74 Å². The third kappa shape index (κ3) is 2.70. The minimum atomic E-state index is 0.810. The van der Waals surface area contributed by atoms with Gasteiger partial charge in [0.2, 0.25) is 0 Å². The fourth-order valence-corrected chi connectivity index (χ4v) is 2.37. The van der Waals surface area contributed by atoms with Crippen LogP contribution in [0.1, 0.15) is 24.0 Å². The Morgan fingerprint density at radius 1 is 1.35 bits per heavy atom. The molecule has 0 atom stereocenters. The van der Waals surface area contributed by atoms with E-state index in [1.54, 1.807) is 7.11 Å². The smallest absolute Gasteiger partial charge is 0.0479 e. The summed E-state index contributed by atoms with van der Waals surface area (Å²) in [5, 5.41) is 0. The zero-order valence-electron chi connectivity index (χ0n) is 10.8. The van der Waals surface area contributed by atoms with Crippen LogP contribution >= 0.6 is 0 Å². The van der Waals surface area contributed by atoms with Crippen molar-refractivity contribution in [2.24, 2.45) is 0 Å². The highest BCUT2D eigenvalue weighted by molar-refractivity contribution is 5.61. The summed E-state index contributed by atoms with van der Waals surface area (Å²) in [6.07, 6.45) is 3.24. The van der Waals surface area contributed by atoms with Gasteiger partial charge in [-0.1, -0.05) is 18.7 Å². The Labute approximate surface area is 104 Å². The third-order valence-electron chi connectivity index (χ3n) is 3.33. The summed E-state index contributed by atoms with van der Waals surface area (Å²) in [6, 6.07) is 6.72. The highest BCUT2D eigenvalue weighted by atomic mass is 16.5. The second kappa shape index (κ2) is 5.37. The Morgan fingerprint density at radius 3 is 2.94 bits per heavy atom. The first kappa shape index (κ1) is 12.2. The highest BCUT2D eigenvalue weighted by Crippen LogP contribution is 2.32. The number of benzene rings is 1. The van der Waals surface area contributed by atoms with Gasteiger partial charge in [0.25, 0.3) is 0 Å². The van der Waals surface area contributed by atoms with Crippen LogP contribution in [0.15, 0.2) is 30.5 Å². The van der Waals surface area contributed by atoms with Gasteiger partial charge in [0.15, 0.2) is 0 Å². The van der Waals surface area contributed by atoms with Crippen LogP contribution in [-0.4, -0.2) is 20.3 Å². The van der Waals surface area contributed by atoms with Crippen molar-refractivity contribution in [3.8, 4) is 0 Å². The number of hydrogen-bond acceptors (Lipinski definition) is 2. The predicted molar refractivity (Wildman–Crippen MR) is 72.5 cm³/mol. The molecule has 0 saturated carbocycles. The van der Waals surface area contributed by atoms with E-state index >= 15 is 0 Å². The summed E-state index contributed by atoms with van der Waals surface area (Å²) >= 11 is 0. The number of hydrogen-bond donors (Lipinski definition) is 0. The Morgan fingerprint density at radius 2 is 2.18 bits per heavy atom. The molecule has 1 aromatic carbocycles. The molecule has 2 nitrogen and oxygen atoms in total. The zero-order chi connectivity index (χ0) is 12.3. The molecule has 0 amide bonds. The molecule has 0 saturated heterocycles. The standard InChI is InChI=1S/C15H21NO/c1-12-5-7-14-8-6-13(2)16(15(14)11-12)9-4-10-17-3/h5,7,11H,2,4,6,8-10H2,1,3H3. The molecule has 0 spiro atoms. The summed E-state index contributed by atoms with van der Waals surface area (Å²) in [6.45, 7) is 8.15. The summed E-state index contributed by atoms with van der Waals surface area (Å²) in [7, 11) is 1.75. The molecular formula is C15H21NO. The number of rotatable bonds is 4. The first-order valence-corrected chi connectivity index (χ1v) is 6.26. The topological polar surface area (TPSA) is 12.5 Å². The van der Waals surface area contributed by atoms with Crippen LogP contribution in [0.3, 0.4) is 0 Å². The van der Waals surface area contributed by atoms with Crippen molar-refractivity contribution >= 4 is 5.69 Å². The van der Waals surface area contributed by atoms with Crippen LogP contribution in [0.2, 0.25) is 0 Å². The van der Waals surface area contributed by atoms with E-state index in [9.17, 15) is 0 Å². The molecular weight excluding hydrogens is 210 g/mol. The monoisotopic (exact) mass is 231 g/mol. The number of fused-ring (bicyclic) bond motifs is 1. The summed E-state index contributed by atoms with van der Waals surface area (Å²) < 4.78 is 5.12. The van der Waals surface area contributed by atoms with Gasteiger partial charge in [-0.2, -0.15) is 0 Å². The van der Waals surface area contributed by atoms with Gasteiger partial charge in [0.1, 0.15) is 0 Å². The van der Waals surface area contributed by atoms with Gasteiger partial charge in [0.05, 0.1) is 0 Å². The van der Waals surface area contributed by atoms with Gasteiger partial charge in [-0.25, -0.2) is 0 Å². The van der Waals surface area contributed by atoms with Gasteiger partial charge in [-0.15, -0.1) is 0 Å². The Balaban J connectivity index is 2.20.